The standard InChI is InChI=1S/C30H29NO5/c1-18(26(33)20-12-16-23(17-13-20)31-19(2)32)35-29-27(34)24-8-6-7-9-25(24)36-28(29)21-10-14-22(15-11-21)30(3,4)5/h6-18H,1-5H3,(H,31,32). The summed E-state index contributed by atoms with van der Waals surface area (Å²) >= 11 is 0. The minimum atomic E-state index is -0.951. The number of anilines is 1. The van der Waals surface area contributed by atoms with E-state index in [1.807, 2.05) is 24.3 Å². The van der Waals surface area contributed by atoms with Gasteiger partial charge in [-0.15, -0.1) is 0 Å². The SMILES string of the molecule is CC(=O)Nc1ccc(C(=O)C(C)Oc2c(-c3ccc(C(C)(C)C)cc3)oc3ccccc3c2=O)cc1. The predicted molar refractivity (Wildman–Crippen MR) is 142 cm³/mol. The Morgan fingerprint density at radius 3 is 2.17 bits per heavy atom. The quantitative estimate of drug-likeness (QED) is 0.322. The van der Waals surface area contributed by atoms with Crippen molar-refractivity contribution in [3.8, 4) is 17.1 Å². The number of amides is 1. The number of rotatable bonds is 6. The van der Waals surface area contributed by atoms with E-state index in [1.54, 1.807) is 55.5 Å². The lowest BCUT2D eigenvalue weighted by molar-refractivity contribution is -0.114. The van der Waals surface area contributed by atoms with Gasteiger partial charge in [-0.2, -0.15) is 0 Å². The maximum atomic E-state index is 13.5. The molecule has 4 rings (SSSR count). The van der Waals surface area contributed by atoms with E-state index in [0.29, 0.717) is 27.8 Å². The fourth-order valence-electron chi connectivity index (χ4n) is 3.93. The van der Waals surface area contributed by atoms with E-state index < -0.39 is 6.10 Å². The zero-order valence-electron chi connectivity index (χ0n) is 21.0. The number of Topliss-reactive ketones (excluding diaryl/α,β-unsaturated/α-hetero) is 1. The van der Waals surface area contributed by atoms with Crippen molar-refractivity contribution in [1.82, 2.24) is 0 Å². The Morgan fingerprint density at radius 1 is 0.917 bits per heavy atom. The largest absolute Gasteiger partial charge is 0.475 e. The molecular weight excluding hydrogens is 454 g/mol. The van der Waals surface area contributed by atoms with Crippen LogP contribution in [0, 0.1) is 0 Å². The molecule has 0 saturated carbocycles. The van der Waals surface area contributed by atoms with Gasteiger partial charge in [-0.3, -0.25) is 14.4 Å². The molecule has 0 aliphatic rings. The van der Waals surface area contributed by atoms with Gasteiger partial charge in [-0.25, -0.2) is 0 Å². The Hall–Kier alpha value is -4.19. The van der Waals surface area contributed by atoms with Crippen molar-refractivity contribution in [3.63, 3.8) is 0 Å². The Balaban J connectivity index is 1.72. The van der Waals surface area contributed by atoms with Crippen LogP contribution in [0.15, 0.2) is 82.0 Å². The lowest BCUT2D eigenvalue weighted by atomic mass is 9.86. The van der Waals surface area contributed by atoms with Crippen molar-refractivity contribution < 1.29 is 18.7 Å². The predicted octanol–water partition coefficient (Wildman–Crippen LogP) is 6.37. The number of carbonyl (C=O) groups excluding carboxylic acids is 2. The number of hydrogen-bond acceptors (Lipinski definition) is 5. The van der Waals surface area contributed by atoms with Crippen LogP contribution in [0.3, 0.4) is 0 Å². The molecule has 0 saturated heterocycles. The Bertz CT molecular complexity index is 1480. The van der Waals surface area contributed by atoms with Crippen LogP contribution < -0.4 is 15.5 Å². The van der Waals surface area contributed by atoms with Crippen LogP contribution in [0.5, 0.6) is 5.75 Å². The number of para-hydroxylation sites is 1. The second kappa shape index (κ2) is 9.82. The zero-order valence-corrected chi connectivity index (χ0v) is 21.0. The molecule has 0 aliphatic heterocycles. The third-order valence-electron chi connectivity index (χ3n) is 5.92. The van der Waals surface area contributed by atoms with Gasteiger partial charge in [0.25, 0.3) is 0 Å². The highest BCUT2D eigenvalue weighted by atomic mass is 16.5. The maximum Gasteiger partial charge on any atom is 0.235 e. The second-order valence-corrected chi connectivity index (χ2v) is 9.80. The van der Waals surface area contributed by atoms with Crippen LogP contribution in [0.1, 0.15) is 50.5 Å². The number of carbonyl (C=O) groups is 2. The van der Waals surface area contributed by atoms with Gasteiger partial charge >= 0.3 is 0 Å². The molecule has 6 heteroatoms. The van der Waals surface area contributed by atoms with E-state index in [9.17, 15) is 14.4 Å². The van der Waals surface area contributed by atoms with Crippen LogP contribution in [0.2, 0.25) is 0 Å². The first-order valence-electron chi connectivity index (χ1n) is 11.8. The van der Waals surface area contributed by atoms with Gasteiger partial charge in [0.15, 0.2) is 11.9 Å². The summed E-state index contributed by atoms with van der Waals surface area (Å²) in [5.41, 5.74) is 2.88. The topological polar surface area (TPSA) is 85.6 Å². The van der Waals surface area contributed by atoms with Crippen molar-refractivity contribution in [2.24, 2.45) is 0 Å². The first kappa shape index (κ1) is 24.9. The molecular formula is C30H29NO5. The minimum absolute atomic E-state index is 0.00655. The molecule has 1 amide bonds. The van der Waals surface area contributed by atoms with Crippen LogP contribution >= 0.6 is 0 Å². The number of ether oxygens (including phenoxy) is 1. The molecule has 6 nitrogen and oxygen atoms in total. The fourth-order valence-corrected chi connectivity index (χ4v) is 3.93. The van der Waals surface area contributed by atoms with Gasteiger partial charge < -0.3 is 14.5 Å². The first-order valence-corrected chi connectivity index (χ1v) is 11.8. The van der Waals surface area contributed by atoms with E-state index in [1.165, 1.54) is 6.92 Å². The lowest BCUT2D eigenvalue weighted by Crippen LogP contribution is -2.26. The van der Waals surface area contributed by atoms with Gasteiger partial charge in [0.05, 0.1) is 5.39 Å². The molecule has 1 atom stereocenters. The fraction of sp³-hybridized carbons (Fsp3) is 0.233. The third-order valence-corrected chi connectivity index (χ3v) is 5.92. The summed E-state index contributed by atoms with van der Waals surface area (Å²) in [6.45, 7) is 9.40. The summed E-state index contributed by atoms with van der Waals surface area (Å²) in [4.78, 5) is 37.8. The highest BCUT2D eigenvalue weighted by Crippen LogP contribution is 2.33. The van der Waals surface area contributed by atoms with Crippen molar-refractivity contribution in [3.05, 3.63) is 94.1 Å². The molecule has 36 heavy (non-hydrogen) atoms. The van der Waals surface area contributed by atoms with E-state index >= 15 is 0 Å². The molecule has 4 aromatic rings. The van der Waals surface area contributed by atoms with Crippen LogP contribution in [0.4, 0.5) is 5.69 Å². The summed E-state index contributed by atoms with van der Waals surface area (Å²) in [7, 11) is 0. The van der Waals surface area contributed by atoms with Crippen molar-refractivity contribution >= 4 is 28.3 Å². The van der Waals surface area contributed by atoms with Gasteiger partial charge in [0.2, 0.25) is 22.9 Å². The highest BCUT2D eigenvalue weighted by Gasteiger charge is 2.24. The number of hydrogen-bond donors (Lipinski definition) is 1. The third kappa shape index (κ3) is 5.23. The Morgan fingerprint density at radius 2 is 1.56 bits per heavy atom. The monoisotopic (exact) mass is 483 g/mol. The molecule has 0 spiro atoms. The Kier molecular flexibility index (Phi) is 6.80. The summed E-state index contributed by atoms with van der Waals surface area (Å²) in [6, 6.07) is 21.3. The van der Waals surface area contributed by atoms with Gasteiger partial charge in [-0.05, 0) is 54.3 Å². The van der Waals surface area contributed by atoms with Crippen molar-refractivity contribution in [2.75, 3.05) is 5.32 Å². The van der Waals surface area contributed by atoms with Gasteiger partial charge in [-0.1, -0.05) is 57.2 Å². The molecule has 3 aromatic carbocycles. The molecule has 1 unspecified atom stereocenters. The van der Waals surface area contributed by atoms with E-state index in [2.05, 4.69) is 26.1 Å². The second-order valence-electron chi connectivity index (χ2n) is 9.80. The Labute approximate surface area is 209 Å². The summed E-state index contributed by atoms with van der Waals surface area (Å²) in [5, 5.41) is 3.04. The van der Waals surface area contributed by atoms with Gasteiger partial charge in [0, 0.05) is 23.7 Å². The lowest BCUT2D eigenvalue weighted by Gasteiger charge is -2.20. The summed E-state index contributed by atoms with van der Waals surface area (Å²) in [5.74, 6) is -0.226. The van der Waals surface area contributed by atoms with E-state index in [0.717, 1.165) is 5.56 Å². The van der Waals surface area contributed by atoms with Crippen LogP contribution in [-0.2, 0) is 10.2 Å². The smallest absolute Gasteiger partial charge is 0.235 e. The average molecular weight is 484 g/mol. The van der Waals surface area contributed by atoms with E-state index in [-0.39, 0.29) is 34.0 Å². The molecule has 0 fully saturated rings. The van der Waals surface area contributed by atoms with Crippen molar-refractivity contribution in [2.45, 2.75) is 46.1 Å². The molecule has 1 aromatic heterocycles. The zero-order chi connectivity index (χ0) is 26.0. The maximum absolute atomic E-state index is 13.5. The highest BCUT2D eigenvalue weighted by molar-refractivity contribution is 6.00. The molecule has 0 radical (unpaired) electrons. The molecule has 1 N–H and O–H groups in total. The van der Waals surface area contributed by atoms with Crippen LogP contribution in [0.25, 0.3) is 22.3 Å². The molecule has 1 heterocycles. The van der Waals surface area contributed by atoms with Crippen molar-refractivity contribution in [1.29, 1.82) is 0 Å². The number of ketones is 1. The average Bonchev–Trinajstić information content (AvgIpc) is 2.85. The number of fused-ring (bicyclic) bond motifs is 1. The van der Waals surface area contributed by atoms with Crippen LogP contribution in [-0.4, -0.2) is 17.8 Å². The summed E-state index contributed by atoms with van der Waals surface area (Å²) < 4.78 is 12.2. The minimum Gasteiger partial charge on any atom is -0.475 e. The van der Waals surface area contributed by atoms with E-state index in [4.69, 9.17) is 9.15 Å². The molecule has 0 aliphatic carbocycles. The van der Waals surface area contributed by atoms with Gasteiger partial charge in [0.1, 0.15) is 5.58 Å². The number of benzene rings is 3. The molecule has 184 valence electrons. The summed E-state index contributed by atoms with van der Waals surface area (Å²) in [6.07, 6.45) is -0.951. The molecule has 0 bridgehead atoms. The normalized spacial score (nSPS) is 12.2. The first-order chi connectivity index (χ1) is 17.0. The number of nitrogens with one attached hydrogen (secondary N) is 1.